The fourth-order valence-electron chi connectivity index (χ4n) is 2.76. The van der Waals surface area contributed by atoms with Crippen LogP contribution in [0.4, 0.5) is 5.69 Å². The lowest BCUT2D eigenvalue weighted by molar-refractivity contribution is -0.147. The van der Waals surface area contributed by atoms with Crippen LogP contribution in [0.3, 0.4) is 0 Å². The minimum Gasteiger partial charge on any atom is -0.494 e. The number of hydrogen-bond acceptors (Lipinski definition) is 6. The average Bonchev–Trinajstić information content (AvgIpc) is 2.77. The largest absolute Gasteiger partial charge is 0.494 e. The van der Waals surface area contributed by atoms with Gasteiger partial charge in [-0.25, -0.2) is 8.42 Å². The Hall–Kier alpha value is -2.91. The number of nitrogens with zero attached hydrogens (tertiary/aromatic N) is 1. The van der Waals surface area contributed by atoms with E-state index in [-0.39, 0.29) is 11.3 Å². The van der Waals surface area contributed by atoms with Crippen molar-refractivity contribution in [2.75, 3.05) is 31.6 Å². The molecule has 0 heterocycles. The number of nitrogens with one attached hydrogen (secondary N) is 1. The third kappa shape index (κ3) is 7.69. The molecule has 0 aliphatic carbocycles. The number of sulfonamides is 1. The highest BCUT2D eigenvalue weighted by Crippen LogP contribution is 2.18. The molecule has 1 N–H and O–H groups in total. The zero-order chi connectivity index (χ0) is 22.7. The lowest BCUT2D eigenvalue weighted by Gasteiger charge is -2.18. The maximum atomic E-state index is 12.5. The van der Waals surface area contributed by atoms with Crippen molar-refractivity contribution in [3.8, 4) is 5.75 Å². The first kappa shape index (κ1) is 24.4. The SMILES string of the molecule is CCN(CC)S(=O)(=O)c1ccc(NC(=O)COC(=O)CCCOc2ccccc2)cc1. The molecule has 8 nitrogen and oxygen atoms in total. The second kappa shape index (κ2) is 12.1. The molecule has 0 unspecified atom stereocenters. The number of ether oxygens (including phenoxy) is 2. The van der Waals surface area contributed by atoms with Crippen molar-refractivity contribution in [1.29, 1.82) is 0 Å². The second-order valence-corrected chi connectivity index (χ2v) is 8.53. The summed E-state index contributed by atoms with van der Waals surface area (Å²) in [6, 6.07) is 15.1. The number of anilines is 1. The molecular formula is C22H28N2O6S. The fourth-order valence-corrected chi connectivity index (χ4v) is 4.22. The van der Waals surface area contributed by atoms with Crippen molar-refractivity contribution in [1.82, 2.24) is 4.31 Å². The van der Waals surface area contributed by atoms with Gasteiger partial charge >= 0.3 is 5.97 Å². The first-order valence-electron chi connectivity index (χ1n) is 10.1. The number of para-hydroxylation sites is 1. The van der Waals surface area contributed by atoms with Gasteiger partial charge in [-0.3, -0.25) is 9.59 Å². The predicted octanol–water partition coefficient (Wildman–Crippen LogP) is 3.06. The Labute approximate surface area is 183 Å². The molecular weight excluding hydrogens is 420 g/mol. The number of benzene rings is 2. The fraction of sp³-hybridized carbons (Fsp3) is 0.364. The van der Waals surface area contributed by atoms with Gasteiger partial charge in [-0.05, 0) is 42.8 Å². The maximum Gasteiger partial charge on any atom is 0.306 e. The van der Waals surface area contributed by atoms with Crippen LogP contribution in [0.1, 0.15) is 26.7 Å². The molecule has 0 saturated heterocycles. The van der Waals surface area contributed by atoms with Crippen LogP contribution >= 0.6 is 0 Å². The monoisotopic (exact) mass is 448 g/mol. The molecule has 1 amide bonds. The van der Waals surface area contributed by atoms with Gasteiger partial charge in [0.25, 0.3) is 5.91 Å². The highest BCUT2D eigenvalue weighted by molar-refractivity contribution is 7.89. The number of esters is 1. The van der Waals surface area contributed by atoms with Gasteiger partial charge in [-0.15, -0.1) is 0 Å². The Balaban J connectivity index is 1.72. The molecule has 2 aromatic carbocycles. The van der Waals surface area contributed by atoms with E-state index >= 15 is 0 Å². The van der Waals surface area contributed by atoms with E-state index in [4.69, 9.17) is 9.47 Å². The number of amides is 1. The van der Waals surface area contributed by atoms with Crippen molar-refractivity contribution < 1.29 is 27.5 Å². The summed E-state index contributed by atoms with van der Waals surface area (Å²) >= 11 is 0. The lowest BCUT2D eigenvalue weighted by Crippen LogP contribution is -2.30. The van der Waals surface area contributed by atoms with Crippen molar-refractivity contribution in [3.63, 3.8) is 0 Å². The Morgan fingerprint density at radius 3 is 2.23 bits per heavy atom. The third-order valence-corrected chi connectivity index (χ3v) is 6.45. The van der Waals surface area contributed by atoms with Crippen molar-refractivity contribution >= 4 is 27.6 Å². The summed E-state index contributed by atoms with van der Waals surface area (Å²) < 4.78 is 36.7. The topological polar surface area (TPSA) is 102 Å². The summed E-state index contributed by atoms with van der Waals surface area (Å²) in [5, 5.41) is 2.57. The molecule has 0 atom stereocenters. The predicted molar refractivity (Wildman–Crippen MR) is 117 cm³/mol. The molecule has 0 spiro atoms. The molecule has 0 radical (unpaired) electrons. The van der Waals surface area contributed by atoms with Gasteiger partial charge in [0.15, 0.2) is 6.61 Å². The van der Waals surface area contributed by atoms with Gasteiger partial charge in [-0.1, -0.05) is 32.0 Å². The molecule has 2 rings (SSSR count). The second-order valence-electron chi connectivity index (χ2n) is 6.59. The number of hydrogen-bond donors (Lipinski definition) is 1. The number of carbonyl (C=O) groups excluding carboxylic acids is 2. The van der Waals surface area contributed by atoms with E-state index < -0.39 is 28.5 Å². The van der Waals surface area contributed by atoms with Crippen molar-refractivity contribution in [2.24, 2.45) is 0 Å². The van der Waals surface area contributed by atoms with E-state index in [0.29, 0.717) is 31.8 Å². The van der Waals surface area contributed by atoms with Gasteiger partial charge in [-0.2, -0.15) is 4.31 Å². The van der Waals surface area contributed by atoms with Gasteiger partial charge < -0.3 is 14.8 Å². The molecule has 0 aromatic heterocycles. The zero-order valence-corrected chi connectivity index (χ0v) is 18.6. The van der Waals surface area contributed by atoms with E-state index in [1.165, 1.54) is 28.6 Å². The van der Waals surface area contributed by atoms with Crippen LogP contribution in [0.25, 0.3) is 0 Å². The Kier molecular flexibility index (Phi) is 9.48. The zero-order valence-electron chi connectivity index (χ0n) is 17.7. The first-order chi connectivity index (χ1) is 14.9. The van der Waals surface area contributed by atoms with Crippen LogP contribution in [0, 0.1) is 0 Å². The molecule has 9 heteroatoms. The highest BCUT2D eigenvalue weighted by atomic mass is 32.2. The maximum absolute atomic E-state index is 12.5. The van der Waals surface area contributed by atoms with E-state index in [9.17, 15) is 18.0 Å². The van der Waals surface area contributed by atoms with Crippen LogP contribution in [0.15, 0.2) is 59.5 Å². The average molecular weight is 449 g/mol. The van der Waals surface area contributed by atoms with E-state index in [2.05, 4.69) is 5.32 Å². The molecule has 0 bridgehead atoms. The molecule has 0 saturated carbocycles. The van der Waals surface area contributed by atoms with Crippen LogP contribution in [0.2, 0.25) is 0 Å². The molecule has 2 aromatic rings. The Morgan fingerprint density at radius 1 is 0.968 bits per heavy atom. The van der Waals surface area contributed by atoms with Gasteiger partial charge in [0.2, 0.25) is 10.0 Å². The minimum absolute atomic E-state index is 0.137. The molecule has 168 valence electrons. The highest BCUT2D eigenvalue weighted by Gasteiger charge is 2.21. The van der Waals surface area contributed by atoms with Gasteiger partial charge in [0.05, 0.1) is 11.5 Å². The number of rotatable bonds is 12. The van der Waals surface area contributed by atoms with Crippen LogP contribution in [-0.2, 0) is 24.3 Å². The van der Waals surface area contributed by atoms with Gasteiger partial charge in [0, 0.05) is 25.2 Å². The van der Waals surface area contributed by atoms with Crippen molar-refractivity contribution in [3.05, 3.63) is 54.6 Å². The van der Waals surface area contributed by atoms with E-state index in [1.807, 2.05) is 30.3 Å². The summed E-state index contributed by atoms with van der Waals surface area (Å²) in [5.74, 6) is -0.271. The molecule has 0 fully saturated rings. The molecule has 0 aliphatic heterocycles. The van der Waals surface area contributed by atoms with E-state index in [0.717, 1.165) is 5.75 Å². The summed E-state index contributed by atoms with van der Waals surface area (Å²) in [6.45, 7) is 4.24. The molecule has 31 heavy (non-hydrogen) atoms. The van der Waals surface area contributed by atoms with Crippen molar-refractivity contribution in [2.45, 2.75) is 31.6 Å². The first-order valence-corrected chi connectivity index (χ1v) is 11.5. The van der Waals surface area contributed by atoms with E-state index in [1.54, 1.807) is 13.8 Å². The molecule has 0 aliphatic rings. The summed E-state index contributed by atoms with van der Waals surface area (Å²) in [7, 11) is -3.56. The van der Waals surface area contributed by atoms with Crippen LogP contribution in [-0.4, -0.2) is 50.9 Å². The summed E-state index contributed by atoms with van der Waals surface area (Å²) in [4.78, 5) is 23.9. The lowest BCUT2D eigenvalue weighted by atomic mass is 10.3. The normalized spacial score (nSPS) is 11.2. The van der Waals surface area contributed by atoms with Gasteiger partial charge in [0.1, 0.15) is 5.75 Å². The Morgan fingerprint density at radius 2 is 1.61 bits per heavy atom. The Bertz CT molecular complexity index is 942. The summed E-state index contributed by atoms with van der Waals surface area (Å²) in [5.41, 5.74) is 0.413. The quantitative estimate of drug-likeness (QED) is 0.396. The van der Waals surface area contributed by atoms with Crippen LogP contribution in [0.5, 0.6) is 5.75 Å². The minimum atomic E-state index is -3.56. The smallest absolute Gasteiger partial charge is 0.306 e. The summed E-state index contributed by atoms with van der Waals surface area (Å²) in [6.07, 6.45) is 0.607. The van der Waals surface area contributed by atoms with Crippen LogP contribution < -0.4 is 10.1 Å². The third-order valence-electron chi connectivity index (χ3n) is 4.38. The standard InChI is InChI=1S/C22H28N2O6S/c1-3-24(4-2)31(27,28)20-14-12-18(13-15-20)23-21(25)17-30-22(26)11-8-16-29-19-9-6-5-7-10-19/h5-7,9-10,12-15H,3-4,8,11,16-17H2,1-2H3,(H,23,25). The number of carbonyl (C=O) groups is 2.